The summed E-state index contributed by atoms with van der Waals surface area (Å²) in [6.07, 6.45) is 0.774. The first kappa shape index (κ1) is 13.5. The van der Waals surface area contributed by atoms with E-state index >= 15 is 0 Å². The topological polar surface area (TPSA) is 58.2 Å². The van der Waals surface area contributed by atoms with Crippen LogP contribution in [0.2, 0.25) is 5.02 Å². The molecule has 2 N–H and O–H groups in total. The minimum Gasteiger partial charge on any atom is -0.345 e. The number of anilines is 1. The van der Waals surface area contributed by atoms with E-state index in [-0.39, 0.29) is 6.04 Å². The molecule has 1 rings (SSSR count). The minimum atomic E-state index is -0.687. The van der Waals surface area contributed by atoms with Crippen molar-refractivity contribution in [2.45, 2.75) is 26.3 Å². The number of rotatable bonds is 3. The molecule has 1 atom stereocenters. The Morgan fingerprint density at radius 3 is 2.65 bits per heavy atom. The Bertz CT molecular complexity index is 421. The average molecular weight is 255 g/mol. The molecule has 0 bridgehead atoms. The lowest BCUT2D eigenvalue weighted by molar-refractivity contribution is -0.136. The summed E-state index contributed by atoms with van der Waals surface area (Å²) in [7, 11) is 0. The second-order valence-electron chi connectivity index (χ2n) is 3.75. The summed E-state index contributed by atoms with van der Waals surface area (Å²) in [5.41, 5.74) is 0.502. The fraction of sp³-hybridized carbons (Fsp3) is 0.333. The molecule has 0 aliphatic heterocycles. The Hall–Kier alpha value is -1.55. The van der Waals surface area contributed by atoms with E-state index in [1.54, 1.807) is 24.3 Å². The van der Waals surface area contributed by atoms with Gasteiger partial charge >= 0.3 is 11.8 Å². The van der Waals surface area contributed by atoms with Crippen molar-refractivity contribution in [1.29, 1.82) is 0 Å². The number of halogens is 1. The van der Waals surface area contributed by atoms with Crippen molar-refractivity contribution in [3.8, 4) is 0 Å². The Morgan fingerprint density at radius 1 is 1.35 bits per heavy atom. The van der Waals surface area contributed by atoms with Gasteiger partial charge in [0, 0.05) is 16.8 Å². The molecule has 2 amide bonds. The molecule has 1 aromatic carbocycles. The number of hydrogen-bond acceptors (Lipinski definition) is 2. The van der Waals surface area contributed by atoms with Crippen molar-refractivity contribution < 1.29 is 9.59 Å². The first-order chi connectivity index (χ1) is 8.02. The molecule has 0 aromatic heterocycles. The van der Waals surface area contributed by atoms with Crippen LogP contribution in [0.5, 0.6) is 0 Å². The van der Waals surface area contributed by atoms with Gasteiger partial charge in [0.2, 0.25) is 0 Å². The van der Waals surface area contributed by atoms with E-state index in [0.717, 1.165) is 6.42 Å². The molecule has 1 aromatic rings. The van der Waals surface area contributed by atoms with Crippen molar-refractivity contribution in [3.63, 3.8) is 0 Å². The van der Waals surface area contributed by atoms with Gasteiger partial charge in [-0.1, -0.05) is 24.6 Å². The maximum absolute atomic E-state index is 11.5. The summed E-state index contributed by atoms with van der Waals surface area (Å²) >= 11 is 5.76. The Kier molecular flexibility index (Phi) is 4.97. The lowest BCUT2D eigenvalue weighted by Crippen LogP contribution is -2.40. The predicted octanol–water partition coefficient (Wildman–Crippen LogP) is 2.19. The molecule has 0 radical (unpaired) electrons. The zero-order valence-corrected chi connectivity index (χ0v) is 10.5. The first-order valence-corrected chi connectivity index (χ1v) is 5.78. The zero-order chi connectivity index (χ0) is 12.8. The third-order valence-corrected chi connectivity index (χ3v) is 2.51. The van der Waals surface area contributed by atoms with Crippen LogP contribution in [0.3, 0.4) is 0 Å². The second kappa shape index (κ2) is 6.25. The maximum atomic E-state index is 11.5. The minimum absolute atomic E-state index is 0.0207. The van der Waals surface area contributed by atoms with Gasteiger partial charge in [0.05, 0.1) is 0 Å². The van der Waals surface area contributed by atoms with Crippen LogP contribution < -0.4 is 10.6 Å². The molecule has 17 heavy (non-hydrogen) atoms. The van der Waals surface area contributed by atoms with Gasteiger partial charge in [0.1, 0.15) is 0 Å². The molecule has 0 unspecified atom stereocenters. The number of carbonyl (C=O) groups is 2. The van der Waals surface area contributed by atoms with Crippen molar-refractivity contribution in [1.82, 2.24) is 5.32 Å². The third kappa shape index (κ3) is 4.44. The standard InChI is InChI=1S/C12H15ClN2O2/c1-3-8(2)14-11(16)12(17)15-10-6-4-5-9(13)7-10/h4-8H,3H2,1-2H3,(H,14,16)(H,15,17)/t8-/m0/s1. The maximum Gasteiger partial charge on any atom is 0.313 e. The first-order valence-electron chi connectivity index (χ1n) is 5.40. The molecule has 4 nitrogen and oxygen atoms in total. The fourth-order valence-corrected chi connectivity index (χ4v) is 1.34. The monoisotopic (exact) mass is 254 g/mol. The number of carbonyl (C=O) groups excluding carboxylic acids is 2. The number of benzene rings is 1. The van der Waals surface area contributed by atoms with Gasteiger partial charge in [0.15, 0.2) is 0 Å². The molecule has 0 fully saturated rings. The van der Waals surface area contributed by atoms with Crippen molar-refractivity contribution in [2.24, 2.45) is 0 Å². The van der Waals surface area contributed by atoms with Gasteiger partial charge in [-0.2, -0.15) is 0 Å². The molecule has 0 aliphatic carbocycles. The molecule has 0 saturated carbocycles. The lowest BCUT2D eigenvalue weighted by atomic mass is 10.2. The molecule has 0 heterocycles. The van der Waals surface area contributed by atoms with E-state index in [1.807, 2.05) is 13.8 Å². The Morgan fingerprint density at radius 2 is 2.06 bits per heavy atom. The van der Waals surface area contributed by atoms with Crippen molar-refractivity contribution in [2.75, 3.05) is 5.32 Å². The van der Waals surface area contributed by atoms with Gasteiger partial charge in [-0.15, -0.1) is 0 Å². The van der Waals surface area contributed by atoms with Crippen LogP contribution in [0.4, 0.5) is 5.69 Å². The van der Waals surface area contributed by atoms with Gasteiger partial charge in [0.25, 0.3) is 0 Å². The van der Waals surface area contributed by atoms with E-state index in [2.05, 4.69) is 10.6 Å². The van der Waals surface area contributed by atoms with Crippen LogP contribution >= 0.6 is 11.6 Å². The van der Waals surface area contributed by atoms with Crippen molar-refractivity contribution >= 4 is 29.1 Å². The Balaban J connectivity index is 2.57. The molecule has 0 saturated heterocycles. The highest BCUT2D eigenvalue weighted by atomic mass is 35.5. The predicted molar refractivity (Wildman–Crippen MR) is 68.0 cm³/mol. The van der Waals surface area contributed by atoms with Crippen LogP contribution in [-0.4, -0.2) is 17.9 Å². The highest BCUT2D eigenvalue weighted by molar-refractivity contribution is 6.39. The van der Waals surface area contributed by atoms with E-state index in [0.29, 0.717) is 10.7 Å². The molecule has 0 spiro atoms. The summed E-state index contributed by atoms with van der Waals surface area (Å²) in [4.78, 5) is 23.0. The summed E-state index contributed by atoms with van der Waals surface area (Å²) in [5.74, 6) is -1.33. The molecule has 92 valence electrons. The fourth-order valence-electron chi connectivity index (χ4n) is 1.15. The SMILES string of the molecule is CC[C@H](C)NC(=O)C(=O)Nc1cccc(Cl)c1. The van der Waals surface area contributed by atoms with Gasteiger partial charge in [-0.3, -0.25) is 9.59 Å². The quantitative estimate of drug-likeness (QED) is 0.813. The molecule has 0 aliphatic rings. The normalized spacial score (nSPS) is 11.7. The number of hydrogen-bond donors (Lipinski definition) is 2. The molecular formula is C12H15ClN2O2. The van der Waals surface area contributed by atoms with Crippen LogP contribution in [0.25, 0.3) is 0 Å². The van der Waals surface area contributed by atoms with Gasteiger partial charge in [-0.25, -0.2) is 0 Å². The van der Waals surface area contributed by atoms with E-state index in [1.165, 1.54) is 0 Å². The highest BCUT2D eigenvalue weighted by Gasteiger charge is 2.15. The molecule has 5 heteroatoms. The smallest absolute Gasteiger partial charge is 0.313 e. The second-order valence-corrected chi connectivity index (χ2v) is 4.18. The number of nitrogens with one attached hydrogen (secondary N) is 2. The Labute approximate surface area is 105 Å². The molecular weight excluding hydrogens is 240 g/mol. The van der Waals surface area contributed by atoms with E-state index < -0.39 is 11.8 Å². The van der Waals surface area contributed by atoms with E-state index in [4.69, 9.17) is 11.6 Å². The van der Waals surface area contributed by atoms with Crippen LogP contribution in [0.15, 0.2) is 24.3 Å². The number of amides is 2. The van der Waals surface area contributed by atoms with Crippen molar-refractivity contribution in [3.05, 3.63) is 29.3 Å². The average Bonchev–Trinajstić information content (AvgIpc) is 2.28. The van der Waals surface area contributed by atoms with Crippen LogP contribution in [0, 0.1) is 0 Å². The van der Waals surface area contributed by atoms with Crippen LogP contribution in [-0.2, 0) is 9.59 Å². The van der Waals surface area contributed by atoms with Gasteiger partial charge in [-0.05, 0) is 31.5 Å². The summed E-state index contributed by atoms with van der Waals surface area (Å²) in [6.45, 7) is 3.77. The summed E-state index contributed by atoms with van der Waals surface area (Å²) in [6, 6.07) is 6.62. The van der Waals surface area contributed by atoms with E-state index in [9.17, 15) is 9.59 Å². The summed E-state index contributed by atoms with van der Waals surface area (Å²) < 4.78 is 0. The largest absolute Gasteiger partial charge is 0.345 e. The zero-order valence-electron chi connectivity index (χ0n) is 9.79. The third-order valence-electron chi connectivity index (χ3n) is 2.28. The lowest BCUT2D eigenvalue weighted by Gasteiger charge is -2.11. The van der Waals surface area contributed by atoms with Gasteiger partial charge < -0.3 is 10.6 Å². The summed E-state index contributed by atoms with van der Waals surface area (Å²) in [5, 5.41) is 5.56. The highest BCUT2D eigenvalue weighted by Crippen LogP contribution is 2.14. The van der Waals surface area contributed by atoms with Crippen LogP contribution in [0.1, 0.15) is 20.3 Å².